The maximum atomic E-state index is 14.3. The first-order valence-corrected chi connectivity index (χ1v) is 16.8. The van der Waals surface area contributed by atoms with Gasteiger partial charge in [0.05, 0.1) is 47.2 Å². The molecule has 0 fully saturated rings. The van der Waals surface area contributed by atoms with Crippen LogP contribution in [-0.4, -0.2) is 30.9 Å². The molecule has 0 saturated heterocycles. The molecule has 0 N–H and O–H groups in total. The monoisotopic (exact) mass is 698 g/mol. The van der Waals surface area contributed by atoms with Crippen LogP contribution in [0.5, 0.6) is 17.2 Å². The Hall–Kier alpha value is -5.19. The summed E-state index contributed by atoms with van der Waals surface area (Å²) in [5, 5.41) is 0.267. The van der Waals surface area contributed by atoms with E-state index in [0.29, 0.717) is 55.6 Å². The van der Waals surface area contributed by atoms with E-state index in [-0.39, 0.29) is 35.2 Å². The topological polar surface area (TPSA) is 88.4 Å². The normalized spacial score (nSPS) is 14.2. The van der Waals surface area contributed by atoms with E-state index in [1.165, 1.54) is 35.1 Å². The number of methoxy groups -OCH3 is 1. The highest BCUT2D eigenvalue weighted by Gasteiger charge is 2.35. The summed E-state index contributed by atoms with van der Waals surface area (Å²) in [6.07, 6.45) is 1.70. The maximum Gasteiger partial charge on any atom is 0.338 e. The zero-order valence-electron chi connectivity index (χ0n) is 26.9. The lowest BCUT2D eigenvalue weighted by Crippen LogP contribution is -2.40. The Kier molecular flexibility index (Phi) is 10.3. The molecule has 1 atom stereocenters. The molecule has 5 aromatic rings. The third kappa shape index (κ3) is 7.16. The first-order chi connectivity index (χ1) is 23.8. The quantitative estimate of drug-likeness (QED) is 0.143. The number of hydrogen-bond acceptors (Lipinski definition) is 8. The molecule has 1 aromatic heterocycles. The minimum atomic E-state index is -0.830. The van der Waals surface area contributed by atoms with Gasteiger partial charge in [-0.1, -0.05) is 77.5 Å². The second-order valence-electron chi connectivity index (χ2n) is 10.9. The summed E-state index contributed by atoms with van der Waals surface area (Å²) in [4.78, 5) is 33.3. The molecule has 6 rings (SSSR count). The van der Waals surface area contributed by atoms with Crippen LogP contribution in [0.4, 0.5) is 4.39 Å². The molecule has 4 aromatic carbocycles. The minimum Gasteiger partial charge on any atom is -0.494 e. The van der Waals surface area contributed by atoms with Crippen LogP contribution in [0.15, 0.2) is 106 Å². The first kappa shape index (κ1) is 33.7. The second-order valence-corrected chi connectivity index (χ2v) is 12.3. The van der Waals surface area contributed by atoms with Crippen molar-refractivity contribution >= 4 is 40.7 Å². The summed E-state index contributed by atoms with van der Waals surface area (Å²) in [5.74, 6) is 0.435. The van der Waals surface area contributed by atoms with E-state index < -0.39 is 12.0 Å². The molecule has 49 heavy (non-hydrogen) atoms. The summed E-state index contributed by atoms with van der Waals surface area (Å²) in [6, 6.07) is 25.2. The van der Waals surface area contributed by atoms with Gasteiger partial charge in [0.25, 0.3) is 5.56 Å². The van der Waals surface area contributed by atoms with Crippen LogP contribution < -0.4 is 29.1 Å². The van der Waals surface area contributed by atoms with Gasteiger partial charge in [0, 0.05) is 5.56 Å². The van der Waals surface area contributed by atoms with Gasteiger partial charge in [0.15, 0.2) is 16.3 Å². The van der Waals surface area contributed by atoms with Crippen LogP contribution in [0.1, 0.15) is 42.1 Å². The summed E-state index contributed by atoms with van der Waals surface area (Å²) < 4.78 is 38.0. The van der Waals surface area contributed by atoms with Crippen molar-refractivity contribution in [2.45, 2.75) is 26.5 Å². The van der Waals surface area contributed by atoms with Crippen LogP contribution in [0.3, 0.4) is 0 Å². The van der Waals surface area contributed by atoms with E-state index in [2.05, 4.69) is 0 Å². The van der Waals surface area contributed by atoms with Gasteiger partial charge in [-0.3, -0.25) is 9.36 Å². The van der Waals surface area contributed by atoms with E-state index in [9.17, 15) is 14.0 Å². The Morgan fingerprint density at radius 1 is 0.980 bits per heavy atom. The molecule has 0 radical (unpaired) electrons. The van der Waals surface area contributed by atoms with E-state index in [1.807, 2.05) is 61.5 Å². The van der Waals surface area contributed by atoms with Crippen LogP contribution >= 0.6 is 22.9 Å². The maximum absolute atomic E-state index is 14.3. The number of benzene rings is 4. The third-order valence-corrected chi connectivity index (χ3v) is 8.99. The van der Waals surface area contributed by atoms with Gasteiger partial charge in [-0.15, -0.1) is 0 Å². The minimum absolute atomic E-state index is 0.145. The smallest absolute Gasteiger partial charge is 0.338 e. The summed E-state index contributed by atoms with van der Waals surface area (Å²) in [7, 11) is 1.49. The van der Waals surface area contributed by atoms with Gasteiger partial charge in [-0.05, 0) is 73.0 Å². The SMILES string of the molecule is CCOC(=O)C1=C(c2ccccc2)N=c2s/c(=C\c3cc(Cl)c(OCc4ccc(F)cc4)c(OC)c3)c(=O)n2[C@H]1c1ccc(OCC)cc1. The van der Waals surface area contributed by atoms with E-state index >= 15 is 0 Å². The number of halogens is 2. The Morgan fingerprint density at radius 3 is 2.39 bits per heavy atom. The fourth-order valence-corrected chi connectivity index (χ4v) is 6.79. The van der Waals surface area contributed by atoms with E-state index in [4.69, 9.17) is 35.5 Å². The lowest BCUT2D eigenvalue weighted by Gasteiger charge is -2.26. The fourth-order valence-electron chi connectivity index (χ4n) is 5.52. The van der Waals surface area contributed by atoms with Crippen LogP contribution in [-0.2, 0) is 16.1 Å². The molecule has 0 spiro atoms. The highest BCUT2D eigenvalue weighted by molar-refractivity contribution is 7.07. The van der Waals surface area contributed by atoms with Crippen molar-refractivity contribution in [3.8, 4) is 17.2 Å². The van der Waals surface area contributed by atoms with Gasteiger partial charge < -0.3 is 18.9 Å². The lowest BCUT2D eigenvalue weighted by molar-refractivity contribution is -0.138. The highest BCUT2D eigenvalue weighted by Crippen LogP contribution is 2.38. The number of rotatable bonds is 11. The number of esters is 1. The number of aromatic nitrogens is 1. The molecule has 0 aliphatic carbocycles. The number of ether oxygens (including phenoxy) is 4. The Morgan fingerprint density at radius 2 is 1.71 bits per heavy atom. The Balaban J connectivity index is 1.48. The standard InChI is InChI=1S/C38H32ClFN2O6S/c1-4-46-28-17-13-26(14-18-28)34-32(37(44)47-5-2)33(25-9-7-6-8-10-25)41-38-42(34)36(43)31(49-38)21-24-19-29(39)35(30(20-24)45-3)48-22-23-11-15-27(40)16-12-23/h6-21,34H,4-5,22H2,1-3H3/b31-21-/t34-/m0/s1. The second kappa shape index (κ2) is 14.9. The van der Waals surface area contributed by atoms with Crippen molar-refractivity contribution in [2.75, 3.05) is 20.3 Å². The number of fused-ring (bicyclic) bond motifs is 1. The van der Waals surface area contributed by atoms with Crippen molar-refractivity contribution in [1.29, 1.82) is 0 Å². The average molecular weight is 699 g/mol. The molecule has 0 saturated carbocycles. The van der Waals surface area contributed by atoms with Gasteiger partial charge in [-0.2, -0.15) is 0 Å². The van der Waals surface area contributed by atoms with Crippen molar-refractivity contribution in [3.05, 3.63) is 149 Å². The van der Waals surface area contributed by atoms with Crippen molar-refractivity contribution in [2.24, 2.45) is 4.99 Å². The Bertz CT molecular complexity index is 2200. The number of carbonyl (C=O) groups excluding carboxylic acids is 1. The van der Waals surface area contributed by atoms with Crippen LogP contribution in [0.25, 0.3) is 11.8 Å². The third-order valence-electron chi connectivity index (χ3n) is 7.73. The van der Waals surface area contributed by atoms with Crippen molar-refractivity contribution in [3.63, 3.8) is 0 Å². The number of carbonyl (C=O) groups is 1. The van der Waals surface area contributed by atoms with E-state index in [1.54, 1.807) is 37.3 Å². The Labute approximate surface area is 291 Å². The molecule has 1 aliphatic rings. The highest BCUT2D eigenvalue weighted by atomic mass is 35.5. The molecule has 0 bridgehead atoms. The van der Waals surface area contributed by atoms with Gasteiger partial charge in [0.2, 0.25) is 0 Å². The zero-order valence-corrected chi connectivity index (χ0v) is 28.5. The molecular weight excluding hydrogens is 667 g/mol. The van der Waals surface area contributed by atoms with Gasteiger partial charge in [-0.25, -0.2) is 14.2 Å². The number of thiazole rings is 1. The predicted molar refractivity (Wildman–Crippen MR) is 187 cm³/mol. The molecule has 8 nitrogen and oxygen atoms in total. The predicted octanol–water partition coefficient (Wildman–Crippen LogP) is 6.71. The lowest BCUT2D eigenvalue weighted by atomic mass is 9.93. The summed E-state index contributed by atoms with van der Waals surface area (Å²) >= 11 is 7.86. The largest absolute Gasteiger partial charge is 0.494 e. The molecule has 1 aliphatic heterocycles. The summed E-state index contributed by atoms with van der Waals surface area (Å²) in [5.41, 5.74) is 3.09. The first-order valence-electron chi connectivity index (χ1n) is 15.6. The average Bonchev–Trinajstić information content (AvgIpc) is 3.42. The van der Waals surface area contributed by atoms with Gasteiger partial charge >= 0.3 is 5.97 Å². The van der Waals surface area contributed by atoms with E-state index in [0.717, 1.165) is 5.56 Å². The molecular formula is C38H32ClFN2O6S. The van der Waals surface area contributed by atoms with Crippen molar-refractivity contribution < 1.29 is 28.1 Å². The molecule has 11 heteroatoms. The van der Waals surface area contributed by atoms with Gasteiger partial charge in [0.1, 0.15) is 18.2 Å². The van der Waals surface area contributed by atoms with Crippen LogP contribution in [0.2, 0.25) is 5.02 Å². The zero-order chi connectivity index (χ0) is 34.5. The van der Waals surface area contributed by atoms with Crippen LogP contribution in [0, 0.1) is 5.82 Å². The molecule has 0 amide bonds. The van der Waals surface area contributed by atoms with Crippen molar-refractivity contribution in [1.82, 2.24) is 4.57 Å². The fraction of sp³-hybridized carbons (Fsp3) is 0.184. The number of hydrogen-bond donors (Lipinski definition) is 0. The molecule has 250 valence electrons. The molecule has 2 heterocycles. The molecule has 0 unspecified atom stereocenters. The number of nitrogens with zero attached hydrogens (tertiary/aromatic N) is 2. The summed E-state index contributed by atoms with van der Waals surface area (Å²) in [6.45, 7) is 4.43.